The van der Waals surface area contributed by atoms with Crippen molar-refractivity contribution in [2.45, 2.75) is 18.7 Å². The fraction of sp³-hybridized carbons (Fsp3) is 0.214. The van der Waals surface area contributed by atoms with Crippen molar-refractivity contribution in [3.8, 4) is 0 Å². The molecule has 3 heteroatoms. The minimum Gasteiger partial charge on any atom is -0.265 e. The van der Waals surface area contributed by atoms with Crippen LogP contribution in [0.4, 0.5) is 0 Å². The van der Waals surface area contributed by atoms with Crippen molar-refractivity contribution in [2.75, 3.05) is 0 Å². The highest BCUT2D eigenvalue weighted by molar-refractivity contribution is 6.30. The molecule has 2 rings (SSSR count). The molecule has 0 N–H and O–H groups in total. The maximum Gasteiger partial charge on any atom is 0.0626 e. The van der Waals surface area contributed by atoms with Gasteiger partial charge < -0.3 is 0 Å². The highest BCUT2D eigenvalue weighted by Gasteiger charge is 2.10. The van der Waals surface area contributed by atoms with Crippen LogP contribution < -0.4 is 0 Å². The van der Waals surface area contributed by atoms with Crippen LogP contribution in [0.15, 0.2) is 42.7 Å². The molecule has 88 valence electrons. The first kappa shape index (κ1) is 12.4. The Bertz CT molecular complexity index is 477. The van der Waals surface area contributed by atoms with Gasteiger partial charge in [0.25, 0.3) is 0 Å². The Kier molecular flexibility index (Phi) is 4.03. The van der Waals surface area contributed by atoms with Gasteiger partial charge in [-0.2, -0.15) is 0 Å². The minimum absolute atomic E-state index is 0.0604. The van der Waals surface area contributed by atoms with Gasteiger partial charge in [-0.3, -0.25) is 4.98 Å². The van der Waals surface area contributed by atoms with Gasteiger partial charge in [0.15, 0.2) is 0 Å². The number of alkyl halides is 1. The molecule has 1 nitrogen and oxygen atoms in total. The average Bonchev–Trinajstić information content (AvgIpc) is 2.29. The lowest BCUT2D eigenvalue weighted by Crippen LogP contribution is -1.96. The molecule has 1 unspecified atom stereocenters. The molecule has 0 aliphatic carbocycles. The molecule has 0 spiro atoms. The number of hydrogen-bond acceptors (Lipinski definition) is 1. The van der Waals surface area contributed by atoms with Crippen molar-refractivity contribution in [3.63, 3.8) is 0 Å². The molecule has 1 aromatic heterocycles. The summed E-state index contributed by atoms with van der Waals surface area (Å²) < 4.78 is 0. The molecule has 0 amide bonds. The second kappa shape index (κ2) is 5.52. The van der Waals surface area contributed by atoms with E-state index in [-0.39, 0.29) is 5.38 Å². The zero-order valence-corrected chi connectivity index (χ0v) is 11.0. The van der Waals surface area contributed by atoms with Crippen LogP contribution in [0.3, 0.4) is 0 Å². The Morgan fingerprint density at radius 1 is 1.18 bits per heavy atom. The Balaban J connectivity index is 2.17. The number of rotatable bonds is 3. The predicted molar refractivity (Wildman–Crippen MR) is 72.7 cm³/mol. The van der Waals surface area contributed by atoms with Crippen LogP contribution in [-0.4, -0.2) is 4.98 Å². The number of hydrogen-bond donors (Lipinski definition) is 0. The van der Waals surface area contributed by atoms with E-state index in [2.05, 4.69) is 11.1 Å². The summed E-state index contributed by atoms with van der Waals surface area (Å²) in [6.45, 7) is 2.02. The first-order valence-electron chi connectivity index (χ1n) is 5.45. The van der Waals surface area contributed by atoms with E-state index in [1.807, 2.05) is 31.2 Å². The second-order valence-corrected chi connectivity index (χ2v) is 5.05. The van der Waals surface area contributed by atoms with Gasteiger partial charge in [-0.05, 0) is 54.3 Å². The molecule has 0 fully saturated rings. The largest absolute Gasteiger partial charge is 0.265 e. The van der Waals surface area contributed by atoms with Crippen molar-refractivity contribution in [1.82, 2.24) is 4.98 Å². The molecule has 0 saturated carbocycles. The van der Waals surface area contributed by atoms with Crippen LogP contribution in [0.1, 0.15) is 22.1 Å². The molecule has 17 heavy (non-hydrogen) atoms. The van der Waals surface area contributed by atoms with E-state index in [1.165, 1.54) is 5.56 Å². The number of pyridine rings is 1. The standard InChI is InChI=1S/C14H13Cl2N/c1-10-6-12(9-13(15)7-10)14(16)8-11-2-4-17-5-3-11/h2-7,9,14H,8H2,1H3. The molecular formula is C14H13Cl2N. The molecule has 0 saturated heterocycles. The highest BCUT2D eigenvalue weighted by Crippen LogP contribution is 2.28. The van der Waals surface area contributed by atoms with Crippen molar-refractivity contribution >= 4 is 23.2 Å². The normalized spacial score (nSPS) is 12.4. The van der Waals surface area contributed by atoms with E-state index in [4.69, 9.17) is 23.2 Å². The Morgan fingerprint density at radius 2 is 1.88 bits per heavy atom. The van der Waals surface area contributed by atoms with Gasteiger partial charge in [0.2, 0.25) is 0 Å². The Labute approximate surface area is 111 Å². The summed E-state index contributed by atoms with van der Waals surface area (Å²) in [7, 11) is 0. The van der Waals surface area contributed by atoms with Crippen molar-refractivity contribution < 1.29 is 0 Å². The summed E-state index contributed by atoms with van der Waals surface area (Å²) in [4.78, 5) is 3.99. The number of nitrogens with zero attached hydrogens (tertiary/aromatic N) is 1. The van der Waals surface area contributed by atoms with E-state index >= 15 is 0 Å². The minimum atomic E-state index is -0.0604. The molecular weight excluding hydrogens is 253 g/mol. The van der Waals surface area contributed by atoms with Crippen molar-refractivity contribution in [3.05, 3.63) is 64.4 Å². The first-order chi connectivity index (χ1) is 8.15. The van der Waals surface area contributed by atoms with Crippen LogP contribution in [0, 0.1) is 6.92 Å². The predicted octanol–water partition coefficient (Wildman–Crippen LogP) is 4.57. The molecule has 1 aromatic carbocycles. The highest BCUT2D eigenvalue weighted by atomic mass is 35.5. The quantitative estimate of drug-likeness (QED) is 0.742. The van der Waals surface area contributed by atoms with Gasteiger partial charge in [0.1, 0.15) is 0 Å². The van der Waals surface area contributed by atoms with Crippen molar-refractivity contribution in [2.24, 2.45) is 0 Å². The van der Waals surface area contributed by atoms with E-state index in [9.17, 15) is 0 Å². The molecule has 1 atom stereocenters. The third kappa shape index (κ3) is 3.45. The second-order valence-electron chi connectivity index (χ2n) is 4.09. The zero-order valence-electron chi connectivity index (χ0n) is 9.53. The van der Waals surface area contributed by atoms with Gasteiger partial charge in [-0.25, -0.2) is 0 Å². The molecule has 0 bridgehead atoms. The SMILES string of the molecule is Cc1cc(Cl)cc(C(Cl)Cc2ccncc2)c1. The first-order valence-corrected chi connectivity index (χ1v) is 6.26. The average molecular weight is 266 g/mol. The fourth-order valence-corrected chi connectivity index (χ4v) is 2.39. The molecule has 2 aromatic rings. The summed E-state index contributed by atoms with van der Waals surface area (Å²) in [6.07, 6.45) is 4.34. The molecule has 0 aliphatic heterocycles. The third-order valence-electron chi connectivity index (χ3n) is 2.59. The molecule has 0 radical (unpaired) electrons. The Morgan fingerprint density at radius 3 is 2.53 bits per heavy atom. The van der Waals surface area contributed by atoms with Gasteiger partial charge in [0.05, 0.1) is 5.38 Å². The van der Waals surface area contributed by atoms with E-state index in [1.54, 1.807) is 12.4 Å². The monoisotopic (exact) mass is 265 g/mol. The lowest BCUT2D eigenvalue weighted by Gasteiger charge is -2.11. The van der Waals surface area contributed by atoms with Gasteiger partial charge in [0, 0.05) is 17.4 Å². The van der Waals surface area contributed by atoms with Crippen LogP contribution in [0.2, 0.25) is 5.02 Å². The van der Waals surface area contributed by atoms with E-state index in [0.29, 0.717) is 0 Å². The maximum atomic E-state index is 6.41. The summed E-state index contributed by atoms with van der Waals surface area (Å²) in [5, 5.41) is 0.676. The van der Waals surface area contributed by atoms with E-state index < -0.39 is 0 Å². The van der Waals surface area contributed by atoms with Gasteiger partial charge in [-0.15, -0.1) is 11.6 Å². The molecule has 1 heterocycles. The fourth-order valence-electron chi connectivity index (χ4n) is 1.79. The van der Waals surface area contributed by atoms with Crippen LogP contribution >= 0.6 is 23.2 Å². The summed E-state index contributed by atoms with van der Waals surface area (Å²) in [5.41, 5.74) is 3.37. The van der Waals surface area contributed by atoms with Gasteiger partial charge >= 0.3 is 0 Å². The van der Waals surface area contributed by atoms with Crippen molar-refractivity contribution in [1.29, 1.82) is 0 Å². The Hall–Kier alpha value is -1.05. The van der Waals surface area contributed by atoms with E-state index in [0.717, 1.165) is 22.6 Å². The summed E-state index contributed by atoms with van der Waals surface area (Å²) in [5.74, 6) is 0. The topological polar surface area (TPSA) is 12.9 Å². The summed E-state index contributed by atoms with van der Waals surface area (Å²) in [6, 6.07) is 9.89. The third-order valence-corrected chi connectivity index (χ3v) is 3.21. The van der Waals surface area contributed by atoms with Crippen LogP contribution in [0.5, 0.6) is 0 Å². The number of benzene rings is 1. The maximum absolute atomic E-state index is 6.41. The van der Waals surface area contributed by atoms with Crippen LogP contribution in [0.25, 0.3) is 0 Å². The zero-order chi connectivity index (χ0) is 12.3. The number of aromatic nitrogens is 1. The number of aryl methyl sites for hydroxylation is 1. The van der Waals surface area contributed by atoms with Gasteiger partial charge in [-0.1, -0.05) is 17.7 Å². The lowest BCUT2D eigenvalue weighted by atomic mass is 10.0. The smallest absolute Gasteiger partial charge is 0.0626 e. The summed E-state index contributed by atoms with van der Waals surface area (Å²) >= 11 is 12.4. The number of halogens is 2. The molecule has 0 aliphatic rings. The van der Waals surface area contributed by atoms with Crippen LogP contribution in [-0.2, 0) is 6.42 Å². The lowest BCUT2D eigenvalue weighted by molar-refractivity contribution is 0.914.